The summed E-state index contributed by atoms with van der Waals surface area (Å²) in [5.41, 5.74) is 0.419. The summed E-state index contributed by atoms with van der Waals surface area (Å²) in [5.74, 6) is -0.324. The molecule has 21 heavy (non-hydrogen) atoms. The predicted octanol–water partition coefficient (Wildman–Crippen LogP) is 1.55. The van der Waals surface area contributed by atoms with Gasteiger partial charge >= 0.3 is 0 Å². The molecule has 0 fully saturated rings. The van der Waals surface area contributed by atoms with Crippen molar-refractivity contribution in [2.75, 3.05) is 6.61 Å². The van der Waals surface area contributed by atoms with Crippen molar-refractivity contribution in [3.63, 3.8) is 0 Å². The van der Waals surface area contributed by atoms with Crippen LogP contribution in [-0.2, 0) is 0 Å². The zero-order valence-electron chi connectivity index (χ0n) is 12.3. The molecule has 2 rings (SSSR count). The topological polar surface area (TPSA) is 80.0 Å². The number of nitrogens with one attached hydrogen (secondary N) is 1. The van der Waals surface area contributed by atoms with Crippen molar-refractivity contribution < 1.29 is 9.90 Å². The zero-order chi connectivity index (χ0) is 15.3. The van der Waals surface area contributed by atoms with Crippen LogP contribution >= 0.6 is 0 Å². The van der Waals surface area contributed by atoms with E-state index in [-0.39, 0.29) is 18.2 Å². The van der Waals surface area contributed by atoms with Gasteiger partial charge in [-0.05, 0) is 25.0 Å². The van der Waals surface area contributed by atoms with Crippen LogP contribution in [-0.4, -0.2) is 38.2 Å². The Morgan fingerprint density at radius 2 is 1.95 bits per heavy atom. The van der Waals surface area contributed by atoms with Gasteiger partial charge in [0.05, 0.1) is 24.0 Å². The number of benzene rings is 1. The van der Waals surface area contributed by atoms with Gasteiger partial charge in [-0.1, -0.05) is 32.0 Å². The molecule has 6 heteroatoms. The third-order valence-electron chi connectivity index (χ3n) is 3.75. The molecule has 0 saturated heterocycles. The Kier molecular flexibility index (Phi) is 4.70. The molecule has 1 aromatic carbocycles. The molecule has 0 saturated carbocycles. The van der Waals surface area contributed by atoms with Crippen LogP contribution in [0, 0.1) is 0 Å². The van der Waals surface area contributed by atoms with E-state index in [1.54, 1.807) is 0 Å². The fraction of sp³-hybridized carbons (Fsp3) is 0.400. The molecular formula is C15H20N4O2. The van der Waals surface area contributed by atoms with E-state index in [1.807, 2.05) is 44.2 Å². The number of aliphatic hydroxyl groups is 1. The average molecular weight is 288 g/mol. The molecule has 1 aromatic heterocycles. The molecule has 0 atom stereocenters. The van der Waals surface area contributed by atoms with Crippen molar-refractivity contribution in [1.29, 1.82) is 0 Å². The maximum Gasteiger partial charge on any atom is 0.273 e. The standard InChI is InChI=1S/C15H20N4O2/c1-3-15(4-2,11-20)17-14(21)13-10-16-19(18-13)12-8-6-5-7-9-12/h5-10,20H,3-4,11H2,1-2H3,(H,17,21). The summed E-state index contributed by atoms with van der Waals surface area (Å²) in [5, 5.41) is 20.6. The van der Waals surface area contributed by atoms with Crippen LogP contribution in [0.15, 0.2) is 36.5 Å². The maximum atomic E-state index is 12.2. The zero-order valence-corrected chi connectivity index (χ0v) is 12.3. The first-order valence-corrected chi connectivity index (χ1v) is 7.05. The lowest BCUT2D eigenvalue weighted by Gasteiger charge is -2.30. The van der Waals surface area contributed by atoms with Gasteiger partial charge in [0.15, 0.2) is 5.69 Å². The third-order valence-corrected chi connectivity index (χ3v) is 3.75. The monoisotopic (exact) mass is 288 g/mol. The Bertz CT molecular complexity index is 582. The first-order valence-electron chi connectivity index (χ1n) is 7.05. The van der Waals surface area contributed by atoms with E-state index < -0.39 is 5.54 Å². The molecule has 2 N–H and O–H groups in total. The second-order valence-electron chi connectivity index (χ2n) is 4.95. The van der Waals surface area contributed by atoms with Crippen molar-refractivity contribution in [2.24, 2.45) is 0 Å². The molecule has 0 unspecified atom stereocenters. The molecule has 0 aliphatic heterocycles. The first-order chi connectivity index (χ1) is 10.1. The van der Waals surface area contributed by atoms with Crippen LogP contribution in [0.1, 0.15) is 37.2 Å². The van der Waals surface area contributed by atoms with Gasteiger partial charge in [0.1, 0.15) is 0 Å². The fourth-order valence-electron chi connectivity index (χ4n) is 2.05. The van der Waals surface area contributed by atoms with Gasteiger partial charge in [0.25, 0.3) is 5.91 Å². The van der Waals surface area contributed by atoms with E-state index in [0.29, 0.717) is 12.8 Å². The second-order valence-corrected chi connectivity index (χ2v) is 4.95. The van der Waals surface area contributed by atoms with Gasteiger partial charge < -0.3 is 10.4 Å². The SMILES string of the molecule is CCC(CC)(CO)NC(=O)c1cnn(-c2ccccc2)n1. The van der Waals surface area contributed by atoms with Crippen molar-refractivity contribution in [3.8, 4) is 5.69 Å². The lowest BCUT2D eigenvalue weighted by Crippen LogP contribution is -2.50. The summed E-state index contributed by atoms with van der Waals surface area (Å²) in [7, 11) is 0. The van der Waals surface area contributed by atoms with Crippen LogP contribution in [0.2, 0.25) is 0 Å². The van der Waals surface area contributed by atoms with E-state index in [1.165, 1.54) is 11.0 Å². The number of carbonyl (C=O) groups is 1. The van der Waals surface area contributed by atoms with E-state index >= 15 is 0 Å². The molecule has 112 valence electrons. The lowest BCUT2D eigenvalue weighted by molar-refractivity contribution is 0.0812. The minimum Gasteiger partial charge on any atom is -0.394 e. The van der Waals surface area contributed by atoms with Crippen LogP contribution in [0.5, 0.6) is 0 Å². The lowest BCUT2D eigenvalue weighted by atomic mass is 9.94. The van der Waals surface area contributed by atoms with Gasteiger partial charge in [-0.25, -0.2) is 0 Å². The van der Waals surface area contributed by atoms with Crippen LogP contribution in [0.3, 0.4) is 0 Å². The molecule has 1 amide bonds. The highest BCUT2D eigenvalue weighted by Gasteiger charge is 2.28. The van der Waals surface area contributed by atoms with E-state index in [4.69, 9.17) is 0 Å². The van der Waals surface area contributed by atoms with E-state index in [2.05, 4.69) is 15.5 Å². The summed E-state index contributed by atoms with van der Waals surface area (Å²) in [4.78, 5) is 13.7. The highest BCUT2D eigenvalue weighted by Crippen LogP contribution is 2.15. The maximum absolute atomic E-state index is 12.2. The van der Waals surface area contributed by atoms with Gasteiger partial charge in [0.2, 0.25) is 0 Å². The Hall–Kier alpha value is -2.21. The highest BCUT2D eigenvalue weighted by molar-refractivity contribution is 5.92. The Balaban J connectivity index is 2.16. The molecule has 0 bridgehead atoms. The van der Waals surface area contributed by atoms with Crippen LogP contribution in [0.25, 0.3) is 5.69 Å². The van der Waals surface area contributed by atoms with E-state index in [9.17, 15) is 9.90 Å². The summed E-state index contributed by atoms with van der Waals surface area (Å²) in [6.07, 6.45) is 2.73. The van der Waals surface area contributed by atoms with Gasteiger partial charge in [-0.2, -0.15) is 9.90 Å². The van der Waals surface area contributed by atoms with E-state index in [0.717, 1.165) is 5.69 Å². The number of aromatic nitrogens is 3. The Morgan fingerprint density at radius 1 is 1.29 bits per heavy atom. The molecule has 0 spiro atoms. The summed E-state index contributed by atoms with van der Waals surface area (Å²) in [6, 6.07) is 9.38. The number of hydrogen-bond acceptors (Lipinski definition) is 4. The molecule has 0 aliphatic carbocycles. The minimum atomic E-state index is -0.604. The summed E-state index contributed by atoms with van der Waals surface area (Å²) < 4.78 is 0. The number of hydrogen-bond donors (Lipinski definition) is 2. The van der Waals surface area contributed by atoms with Crippen molar-refractivity contribution in [3.05, 3.63) is 42.2 Å². The smallest absolute Gasteiger partial charge is 0.273 e. The number of carbonyl (C=O) groups excluding carboxylic acids is 1. The third kappa shape index (κ3) is 3.28. The Morgan fingerprint density at radius 3 is 2.52 bits per heavy atom. The molecule has 0 radical (unpaired) electrons. The average Bonchev–Trinajstić information content (AvgIpc) is 3.04. The van der Waals surface area contributed by atoms with Gasteiger partial charge in [-0.15, -0.1) is 5.10 Å². The molecule has 6 nitrogen and oxygen atoms in total. The highest BCUT2D eigenvalue weighted by atomic mass is 16.3. The number of amides is 1. The molecular weight excluding hydrogens is 268 g/mol. The Labute approximate surface area is 123 Å². The quantitative estimate of drug-likeness (QED) is 0.845. The van der Waals surface area contributed by atoms with Gasteiger partial charge in [-0.3, -0.25) is 4.79 Å². The van der Waals surface area contributed by atoms with Crippen molar-refractivity contribution in [1.82, 2.24) is 20.3 Å². The van der Waals surface area contributed by atoms with Gasteiger partial charge in [0, 0.05) is 0 Å². The molecule has 2 aromatic rings. The van der Waals surface area contributed by atoms with Crippen LogP contribution < -0.4 is 5.32 Å². The second kappa shape index (κ2) is 6.49. The summed E-state index contributed by atoms with van der Waals surface area (Å²) >= 11 is 0. The normalized spacial score (nSPS) is 11.4. The predicted molar refractivity (Wildman–Crippen MR) is 79.2 cm³/mol. The van der Waals surface area contributed by atoms with Crippen LogP contribution in [0.4, 0.5) is 0 Å². The fourth-order valence-corrected chi connectivity index (χ4v) is 2.05. The summed E-state index contributed by atoms with van der Waals surface area (Å²) in [6.45, 7) is 3.76. The molecule has 1 heterocycles. The molecule has 0 aliphatic rings. The number of para-hydroxylation sites is 1. The number of nitrogens with zero attached hydrogens (tertiary/aromatic N) is 3. The number of rotatable bonds is 6. The first kappa shape index (κ1) is 15.2. The van der Waals surface area contributed by atoms with Crippen molar-refractivity contribution in [2.45, 2.75) is 32.2 Å². The number of aliphatic hydroxyl groups excluding tert-OH is 1. The largest absolute Gasteiger partial charge is 0.394 e. The minimum absolute atomic E-state index is 0.0986. The van der Waals surface area contributed by atoms with Crippen molar-refractivity contribution >= 4 is 5.91 Å².